The van der Waals surface area contributed by atoms with E-state index >= 15 is 0 Å². The zero-order valence-corrected chi connectivity index (χ0v) is 13.8. The van der Waals surface area contributed by atoms with Gasteiger partial charge in [0.25, 0.3) is 5.91 Å². The highest BCUT2D eigenvalue weighted by atomic mass is 16.5. The molecule has 0 saturated heterocycles. The van der Waals surface area contributed by atoms with Crippen LogP contribution >= 0.6 is 0 Å². The van der Waals surface area contributed by atoms with Gasteiger partial charge in [0.05, 0.1) is 0 Å². The van der Waals surface area contributed by atoms with Crippen molar-refractivity contribution >= 4 is 28.6 Å². The number of benzene rings is 2. The molecule has 0 saturated carbocycles. The molecule has 0 aliphatic rings. The molecule has 0 aliphatic carbocycles. The number of hydrogen-bond donors (Lipinski definition) is 2. The zero-order chi connectivity index (χ0) is 18.2. The summed E-state index contributed by atoms with van der Waals surface area (Å²) in [7, 11) is 0. The Balaban J connectivity index is 1.80. The van der Waals surface area contributed by atoms with E-state index in [4.69, 9.17) is 4.74 Å². The van der Waals surface area contributed by atoms with Crippen molar-refractivity contribution in [2.24, 2.45) is 0 Å². The van der Waals surface area contributed by atoms with Crippen LogP contribution in [-0.4, -0.2) is 23.9 Å². The molecule has 0 spiro atoms. The number of nitrogens with one attached hydrogen (secondary N) is 2. The average Bonchev–Trinajstić information content (AvgIpc) is 2.59. The van der Waals surface area contributed by atoms with Crippen LogP contribution in [0, 0.1) is 0 Å². The molecule has 2 N–H and O–H groups in total. The molecule has 0 aliphatic heterocycles. The van der Waals surface area contributed by atoms with Crippen LogP contribution in [-0.2, 0) is 14.4 Å². The molecule has 2 rings (SSSR count). The molecule has 0 heterocycles. The predicted molar refractivity (Wildman–Crippen MR) is 89.2 cm³/mol. The lowest BCUT2D eigenvalue weighted by Crippen LogP contribution is -2.47. The number of rotatable bonds is 7. The van der Waals surface area contributed by atoms with Crippen molar-refractivity contribution in [2.75, 3.05) is 0 Å². The van der Waals surface area contributed by atoms with Gasteiger partial charge >= 0.3 is 0 Å². The van der Waals surface area contributed by atoms with Crippen LogP contribution in [0.3, 0.4) is 0 Å². The smallest absolute Gasteiger partial charge is 0.279 e. The minimum absolute atomic E-state index is 0.0197. The van der Waals surface area contributed by atoms with Gasteiger partial charge in [0.15, 0.2) is 6.10 Å². The third-order valence-electron chi connectivity index (χ3n) is 3.51. The third kappa shape index (κ3) is 5.80. The molecular formula is C18H19N2O5-. The number of fused-ring (bicyclic) bond motifs is 1. The van der Waals surface area contributed by atoms with Crippen LogP contribution in [0.2, 0.25) is 0 Å². The second kappa shape index (κ2) is 8.68. The topological polar surface area (TPSA) is 108 Å². The molecule has 132 valence electrons. The summed E-state index contributed by atoms with van der Waals surface area (Å²) in [6, 6.07) is 13.3. The lowest BCUT2D eigenvalue weighted by molar-refractivity contribution is -0.305. The molecule has 0 aromatic heterocycles. The fourth-order valence-corrected chi connectivity index (χ4v) is 2.19. The van der Waals surface area contributed by atoms with Crippen LogP contribution in [0.4, 0.5) is 0 Å². The van der Waals surface area contributed by atoms with E-state index in [0.29, 0.717) is 5.75 Å². The minimum Gasteiger partial charge on any atom is -0.550 e. The molecule has 25 heavy (non-hydrogen) atoms. The van der Waals surface area contributed by atoms with E-state index in [1.807, 2.05) is 36.4 Å². The van der Waals surface area contributed by atoms with Gasteiger partial charge in [0.2, 0.25) is 5.91 Å². The maximum atomic E-state index is 11.9. The summed E-state index contributed by atoms with van der Waals surface area (Å²) in [5.74, 6) is -1.66. The van der Waals surface area contributed by atoms with Gasteiger partial charge in [-0.1, -0.05) is 30.3 Å². The average molecular weight is 343 g/mol. The first-order chi connectivity index (χ1) is 12.0. The number of carbonyl (C=O) groups is 3. The van der Waals surface area contributed by atoms with Crippen molar-refractivity contribution in [2.45, 2.75) is 32.3 Å². The first kappa shape index (κ1) is 18.3. The Labute approximate surface area is 144 Å². The number of carboxylic acids is 1. The van der Waals surface area contributed by atoms with Gasteiger partial charge in [-0.05, 0) is 42.7 Å². The van der Waals surface area contributed by atoms with Crippen molar-refractivity contribution in [3.8, 4) is 5.75 Å². The van der Waals surface area contributed by atoms with Gasteiger partial charge in [-0.15, -0.1) is 0 Å². The highest BCUT2D eigenvalue weighted by molar-refractivity contribution is 5.86. The molecular weight excluding hydrogens is 324 g/mol. The molecule has 0 bridgehead atoms. The maximum Gasteiger partial charge on any atom is 0.279 e. The number of carbonyl (C=O) groups excluding carboxylic acids is 3. The maximum absolute atomic E-state index is 11.9. The predicted octanol–water partition coefficient (Wildman–Crippen LogP) is 0.675. The molecule has 2 amide bonds. The number of hydrogen-bond acceptors (Lipinski definition) is 5. The first-order valence-electron chi connectivity index (χ1n) is 7.89. The van der Waals surface area contributed by atoms with Crippen molar-refractivity contribution in [1.29, 1.82) is 0 Å². The zero-order valence-electron chi connectivity index (χ0n) is 13.8. The van der Waals surface area contributed by atoms with Gasteiger partial charge in [0.1, 0.15) is 5.75 Å². The standard InChI is InChI=1S/C18H20N2O5/c1-12(18(24)20-19-16(21)7-4-8-17(22)23)25-15-10-9-13-5-2-3-6-14(13)11-15/h2-3,5-6,9-12H,4,7-8H2,1H3,(H,19,21)(H,20,24)(H,22,23)/p-1/t12-/m1/s1. The Morgan fingerprint density at radius 2 is 1.76 bits per heavy atom. The molecule has 7 nitrogen and oxygen atoms in total. The van der Waals surface area contributed by atoms with Gasteiger partial charge in [0, 0.05) is 12.4 Å². The molecule has 7 heteroatoms. The van der Waals surface area contributed by atoms with E-state index in [1.165, 1.54) is 0 Å². The molecule has 2 aromatic carbocycles. The largest absolute Gasteiger partial charge is 0.550 e. The Morgan fingerprint density at radius 3 is 2.48 bits per heavy atom. The Kier molecular flexibility index (Phi) is 6.33. The van der Waals surface area contributed by atoms with Crippen molar-refractivity contribution in [1.82, 2.24) is 10.9 Å². The third-order valence-corrected chi connectivity index (χ3v) is 3.51. The highest BCUT2D eigenvalue weighted by Crippen LogP contribution is 2.21. The molecule has 0 radical (unpaired) electrons. The van der Waals surface area contributed by atoms with Gasteiger partial charge in [-0.3, -0.25) is 20.4 Å². The number of aliphatic carboxylic acids is 1. The highest BCUT2D eigenvalue weighted by Gasteiger charge is 2.15. The summed E-state index contributed by atoms with van der Waals surface area (Å²) in [5.41, 5.74) is 4.47. The summed E-state index contributed by atoms with van der Waals surface area (Å²) >= 11 is 0. The van der Waals surface area contributed by atoms with Crippen LogP contribution in [0.15, 0.2) is 42.5 Å². The molecule has 0 fully saturated rings. The van der Waals surface area contributed by atoms with Crippen LogP contribution in [0.5, 0.6) is 5.75 Å². The van der Waals surface area contributed by atoms with E-state index < -0.39 is 23.9 Å². The summed E-state index contributed by atoms with van der Waals surface area (Å²) in [4.78, 5) is 33.7. The van der Waals surface area contributed by atoms with Crippen molar-refractivity contribution in [3.05, 3.63) is 42.5 Å². The summed E-state index contributed by atoms with van der Waals surface area (Å²) in [6.07, 6.45) is -0.894. The second-order valence-electron chi connectivity index (χ2n) is 5.53. The van der Waals surface area contributed by atoms with Gasteiger partial charge in [-0.2, -0.15) is 0 Å². The Bertz CT molecular complexity index is 775. The van der Waals surface area contributed by atoms with E-state index in [1.54, 1.807) is 13.0 Å². The Morgan fingerprint density at radius 1 is 1.04 bits per heavy atom. The van der Waals surface area contributed by atoms with Gasteiger partial charge in [-0.25, -0.2) is 0 Å². The fourth-order valence-electron chi connectivity index (χ4n) is 2.19. The molecule has 0 unspecified atom stereocenters. The lowest BCUT2D eigenvalue weighted by atomic mass is 10.1. The van der Waals surface area contributed by atoms with Crippen LogP contribution in [0.1, 0.15) is 26.2 Å². The monoisotopic (exact) mass is 343 g/mol. The molecule has 2 aromatic rings. The quantitative estimate of drug-likeness (QED) is 0.719. The number of ether oxygens (including phenoxy) is 1. The SMILES string of the molecule is C[C@@H](Oc1ccc2ccccc2c1)C(=O)NNC(=O)CCCC(=O)[O-]. The summed E-state index contributed by atoms with van der Waals surface area (Å²) in [6.45, 7) is 1.56. The van der Waals surface area contributed by atoms with Crippen LogP contribution in [0.25, 0.3) is 10.8 Å². The van der Waals surface area contributed by atoms with Crippen LogP contribution < -0.4 is 20.7 Å². The van der Waals surface area contributed by atoms with E-state index in [2.05, 4.69) is 10.9 Å². The molecule has 1 atom stereocenters. The second-order valence-corrected chi connectivity index (χ2v) is 5.53. The number of hydrazine groups is 1. The normalized spacial score (nSPS) is 11.6. The lowest BCUT2D eigenvalue weighted by Gasteiger charge is -2.15. The fraction of sp³-hybridized carbons (Fsp3) is 0.278. The number of amides is 2. The van der Waals surface area contributed by atoms with Crippen molar-refractivity contribution in [3.63, 3.8) is 0 Å². The Hall–Kier alpha value is -3.09. The first-order valence-corrected chi connectivity index (χ1v) is 7.89. The number of carboxylic acid groups (broad SMARTS) is 1. The summed E-state index contributed by atoms with van der Waals surface area (Å²) < 4.78 is 5.58. The summed E-state index contributed by atoms with van der Waals surface area (Å²) in [5, 5.41) is 12.3. The van der Waals surface area contributed by atoms with E-state index in [-0.39, 0.29) is 19.3 Å². The van der Waals surface area contributed by atoms with E-state index in [9.17, 15) is 19.5 Å². The van der Waals surface area contributed by atoms with Crippen molar-refractivity contribution < 1.29 is 24.2 Å². The van der Waals surface area contributed by atoms with Gasteiger partial charge < -0.3 is 14.6 Å². The minimum atomic E-state index is -1.21. The van der Waals surface area contributed by atoms with E-state index in [0.717, 1.165) is 10.8 Å².